The normalized spacial score (nSPS) is 16.4. The third-order valence-corrected chi connectivity index (χ3v) is 7.87. The van der Waals surface area contributed by atoms with Crippen LogP contribution in [-0.4, -0.2) is 48.8 Å². The minimum atomic E-state index is -0.0763. The first-order valence-electron chi connectivity index (χ1n) is 9.81. The maximum absolute atomic E-state index is 13.3. The fraction of sp³-hybridized carbons (Fsp3) is 0.429. The first kappa shape index (κ1) is 20.9. The predicted molar refractivity (Wildman–Crippen MR) is 121 cm³/mol. The van der Waals surface area contributed by atoms with Gasteiger partial charge in [0, 0.05) is 27.3 Å². The Morgan fingerprint density at radius 3 is 2.62 bits per heavy atom. The third kappa shape index (κ3) is 5.05. The number of anilines is 1. The van der Waals surface area contributed by atoms with Crippen molar-refractivity contribution in [3.63, 3.8) is 0 Å². The average Bonchev–Trinajstić information content (AvgIpc) is 3.11. The van der Waals surface area contributed by atoms with E-state index in [1.807, 2.05) is 29.2 Å². The van der Waals surface area contributed by atoms with E-state index in [0.717, 1.165) is 45.6 Å². The number of thiophene rings is 1. The van der Waals surface area contributed by atoms with Crippen molar-refractivity contribution in [3.05, 3.63) is 44.7 Å². The number of benzene rings is 1. The molecule has 0 spiro atoms. The number of nitrogens with one attached hydrogen (secondary N) is 1. The van der Waals surface area contributed by atoms with Crippen LogP contribution in [0.2, 0.25) is 0 Å². The maximum atomic E-state index is 13.3. The number of fused-ring (bicyclic) bond motifs is 1. The fourth-order valence-electron chi connectivity index (χ4n) is 3.65. The zero-order chi connectivity index (χ0) is 20.2. The molecule has 1 aliphatic carbocycles. The number of amides is 2. The lowest BCUT2D eigenvalue weighted by Crippen LogP contribution is -2.41. The minimum absolute atomic E-state index is 0.0311. The standard InChI is InChI=1S/C21H23BrN2O3S2/c22-14-5-7-15(8-6-14)28-13-18(25)23-20-19(16-3-1-2-4-17(16)29-20)21(26)24-9-11-27-12-10-24/h5-8H,1-4,9-13H2,(H,23,25). The quantitative estimate of drug-likeness (QED) is 0.617. The number of nitrogens with zero attached hydrogens (tertiary/aromatic N) is 1. The Morgan fingerprint density at radius 2 is 1.86 bits per heavy atom. The van der Waals surface area contributed by atoms with Crippen LogP contribution in [0.1, 0.15) is 33.6 Å². The maximum Gasteiger partial charge on any atom is 0.257 e. The number of rotatable bonds is 5. The molecule has 154 valence electrons. The molecule has 1 N–H and O–H groups in total. The molecule has 2 amide bonds. The van der Waals surface area contributed by atoms with E-state index in [9.17, 15) is 9.59 Å². The van der Waals surface area contributed by atoms with E-state index < -0.39 is 0 Å². The molecule has 5 nitrogen and oxygen atoms in total. The van der Waals surface area contributed by atoms with Gasteiger partial charge in [-0.1, -0.05) is 15.9 Å². The molecule has 0 bridgehead atoms. The Bertz CT molecular complexity index is 892. The van der Waals surface area contributed by atoms with Gasteiger partial charge in [-0.15, -0.1) is 23.1 Å². The summed E-state index contributed by atoms with van der Waals surface area (Å²) in [6, 6.07) is 7.90. The molecule has 2 aromatic rings. The molecule has 1 fully saturated rings. The number of morpholine rings is 1. The molecule has 0 unspecified atom stereocenters. The lowest BCUT2D eigenvalue weighted by atomic mass is 9.95. The monoisotopic (exact) mass is 494 g/mol. The Morgan fingerprint density at radius 1 is 1.14 bits per heavy atom. The number of hydrogen-bond donors (Lipinski definition) is 1. The molecule has 29 heavy (non-hydrogen) atoms. The molecule has 2 heterocycles. The largest absolute Gasteiger partial charge is 0.378 e. The number of ether oxygens (including phenoxy) is 1. The molecule has 1 saturated heterocycles. The molecule has 0 atom stereocenters. The van der Waals surface area contributed by atoms with Crippen LogP contribution in [-0.2, 0) is 22.4 Å². The highest BCUT2D eigenvalue weighted by Gasteiger charge is 2.30. The first-order chi connectivity index (χ1) is 14.1. The number of carbonyl (C=O) groups excluding carboxylic acids is 2. The third-order valence-electron chi connectivity index (χ3n) is 5.12. The van der Waals surface area contributed by atoms with Crippen molar-refractivity contribution in [1.29, 1.82) is 0 Å². The summed E-state index contributed by atoms with van der Waals surface area (Å²) >= 11 is 6.49. The summed E-state index contributed by atoms with van der Waals surface area (Å²) in [5.41, 5.74) is 1.86. The molecular weight excluding hydrogens is 472 g/mol. The zero-order valence-electron chi connectivity index (χ0n) is 16.0. The summed E-state index contributed by atoms with van der Waals surface area (Å²) in [7, 11) is 0. The van der Waals surface area contributed by atoms with Crippen LogP contribution in [0.15, 0.2) is 33.6 Å². The molecule has 8 heteroatoms. The molecule has 4 rings (SSSR count). The van der Waals surface area contributed by atoms with Gasteiger partial charge in [0.25, 0.3) is 5.91 Å². The second-order valence-corrected chi connectivity index (χ2v) is 10.2. The summed E-state index contributed by atoms with van der Waals surface area (Å²) < 4.78 is 6.40. The van der Waals surface area contributed by atoms with Gasteiger partial charge in [-0.2, -0.15) is 0 Å². The van der Waals surface area contributed by atoms with E-state index in [4.69, 9.17) is 4.74 Å². The summed E-state index contributed by atoms with van der Waals surface area (Å²) in [6.07, 6.45) is 4.15. The van der Waals surface area contributed by atoms with E-state index >= 15 is 0 Å². The first-order valence-corrected chi connectivity index (χ1v) is 12.4. The molecular formula is C21H23BrN2O3S2. The van der Waals surface area contributed by atoms with Crippen molar-refractivity contribution in [2.45, 2.75) is 30.6 Å². The van der Waals surface area contributed by atoms with Crippen LogP contribution in [0.5, 0.6) is 0 Å². The lowest BCUT2D eigenvalue weighted by molar-refractivity contribution is -0.113. The fourth-order valence-corrected chi connectivity index (χ4v) is 5.91. The van der Waals surface area contributed by atoms with Crippen LogP contribution >= 0.6 is 39.0 Å². The topological polar surface area (TPSA) is 58.6 Å². The van der Waals surface area contributed by atoms with E-state index in [1.54, 1.807) is 11.3 Å². The Kier molecular flexibility index (Phi) is 6.95. The summed E-state index contributed by atoms with van der Waals surface area (Å²) in [5.74, 6) is 0.270. The number of carbonyl (C=O) groups is 2. The Hall–Kier alpha value is -1.35. The van der Waals surface area contributed by atoms with E-state index in [0.29, 0.717) is 37.6 Å². The van der Waals surface area contributed by atoms with Crippen molar-refractivity contribution < 1.29 is 14.3 Å². The number of hydrogen-bond acceptors (Lipinski definition) is 5. The van der Waals surface area contributed by atoms with Gasteiger partial charge in [0.2, 0.25) is 5.91 Å². The average molecular weight is 495 g/mol. The smallest absolute Gasteiger partial charge is 0.257 e. The van der Waals surface area contributed by atoms with Crippen LogP contribution in [0.25, 0.3) is 0 Å². The van der Waals surface area contributed by atoms with Gasteiger partial charge in [-0.25, -0.2) is 0 Å². The van der Waals surface area contributed by atoms with Gasteiger partial charge in [0.05, 0.1) is 24.5 Å². The summed E-state index contributed by atoms with van der Waals surface area (Å²) in [6.45, 7) is 2.36. The lowest BCUT2D eigenvalue weighted by Gasteiger charge is -2.27. The van der Waals surface area contributed by atoms with Gasteiger partial charge in [-0.3, -0.25) is 9.59 Å². The van der Waals surface area contributed by atoms with Crippen LogP contribution in [0, 0.1) is 0 Å². The van der Waals surface area contributed by atoms with Crippen molar-refractivity contribution in [1.82, 2.24) is 4.90 Å². The SMILES string of the molecule is O=C(CSc1ccc(Br)cc1)Nc1sc2c(c1C(=O)N1CCOCC1)CCCC2. The molecule has 1 aromatic carbocycles. The number of aryl methyl sites for hydroxylation is 1. The van der Waals surface area contributed by atoms with Crippen LogP contribution in [0.3, 0.4) is 0 Å². The van der Waals surface area contributed by atoms with Gasteiger partial charge in [0.1, 0.15) is 5.00 Å². The van der Waals surface area contributed by atoms with Crippen molar-refractivity contribution in [2.24, 2.45) is 0 Å². The molecule has 0 radical (unpaired) electrons. The van der Waals surface area contributed by atoms with E-state index in [2.05, 4.69) is 21.2 Å². The summed E-state index contributed by atoms with van der Waals surface area (Å²) in [5, 5.41) is 3.76. The van der Waals surface area contributed by atoms with Crippen LogP contribution in [0.4, 0.5) is 5.00 Å². The number of halogens is 1. The second-order valence-electron chi connectivity index (χ2n) is 7.11. The number of thioether (sulfide) groups is 1. The zero-order valence-corrected chi connectivity index (χ0v) is 19.3. The molecule has 1 aliphatic heterocycles. The predicted octanol–water partition coefficient (Wildman–Crippen LogP) is 4.59. The van der Waals surface area contributed by atoms with Crippen molar-refractivity contribution in [3.8, 4) is 0 Å². The van der Waals surface area contributed by atoms with Crippen LogP contribution < -0.4 is 5.32 Å². The van der Waals surface area contributed by atoms with E-state index in [1.165, 1.54) is 16.6 Å². The van der Waals surface area contributed by atoms with Crippen molar-refractivity contribution in [2.75, 3.05) is 37.4 Å². The highest BCUT2D eigenvalue weighted by molar-refractivity contribution is 9.10. The van der Waals surface area contributed by atoms with Gasteiger partial charge in [0.15, 0.2) is 0 Å². The summed E-state index contributed by atoms with van der Waals surface area (Å²) in [4.78, 5) is 30.0. The van der Waals surface area contributed by atoms with Gasteiger partial charge in [-0.05, 0) is 55.5 Å². The highest BCUT2D eigenvalue weighted by atomic mass is 79.9. The van der Waals surface area contributed by atoms with Gasteiger partial charge >= 0.3 is 0 Å². The highest BCUT2D eigenvalue weighted by Crippen LogP contribution is 2.39. The molecule has 1 aromatic heterocycles. The Balaban J connectivity index is 1.49. The molecule has 2 aliphatic rings. The van der Waals surface area contributed by atoms with Crippen molar-refractivity contribution >= 4 is 55.8 Å². The molecule has 0 saturated carbocycles. The Labute approximate surface area is 187 Å². The second kappa shape index (κ2) is 9.64. The van der Waals surface area contributed by atoms with E-state index in [-0.39, 0.29) is 11.8 Å². The van der Waals surface area contributed by atoms with Gasteiger partial charge < -0.3 is 15.0 Å². The minimum Gasteiger partial charge on any atom is -0.378 e.